The Labute approximate surface area is 161 Å². The summed E-state index contributed by atoms with van der Waals surface area (Å²) in [7, 11) is 0. The lowest BCUT2D eigenvalue weighted by Gasteiger charge is -2.11. The fourth-order valence-corrected chi connectivity index (χ4v) is 2.75. The SMILES string of the molecule is C=Cc1ccc(COc2ccc(-c3ccc(OCC)c(F)c3F)cc2)cc1F. The maximum absolute atomic E-state index is 14.3. The Morgan fingerprint density at radius 3 is 2.29 bits per heavy atom. The maximum atomic E-state index is 14.3. The highest BCUT2D eigenvalue weighted by atomic mass is 19.2. The van der Waals surface area contributed by atoms with Crippen LogP contribution in [0.4, 0.5) is 13.2 Å². The van der Waals surface area contributed by atoms with Crippen molar-refractivity contribution in [1.82, 2.24) is 0 Å². The molecule has 0 atom stereocenters. The van der Waals surface area contributed by atoms with E-state index in [0.29, 0.717) is 22.4 Å². The summed E-state index contributed by atoms with van der Waals surface area (Å²) in [5, 5.41) is 0. The van der Waals surface area contributed by atoms with Crippen molar-refractivity contribution in [3.63, 3.8) is 0 Å². The second kappa shape index (κ2) is 8.65. The van der Waals surface area contributed by atoms with E-state index in [1.807, 2.05) is 0 Å². The maximum Gasteiger partial charge on any atom is 0.201 e. The van der Waals surface area contributed by atoms with Crippen molar-refractivity contribution in [1.29, 1.82) is 0 Å². The van der Waals surface area contributed by atoms with E-state index < -0.39 is 11.6 Å². The Kier molecular flexibility index (Phi) is 6.04. The van der Waals surface area contributed by atoms with Crippen LogP contribution in [0.15, 0.2) is 61.2 Å². The van der Waals surface area contributed by atoms with Crippen LogP contribution in [0.5, 0.6) is 11.5 Å². The molecule has 5 heteroatoms. The van der Waals surface area contributed by atoms with Crippen molar-refractivity contribution in [2.24, 2.45) is 0 Å². The van der Waals surface area contributed by atoms with Crippen molar-refractivity contribution in [3.8, 4) is 22.6 Å². The first-order valence-corrected chi connectivity index (χ1v) is 8.78. The summed E-state index contributed by atoms with van der Waals surface area (Å²) >= 11 is 0. The first kappa shape index (κ1) is 19.5. The zero-order valence-electron chi connectivity index (χ0n) is 15.3. The first-order chi connectivity index (χ1) is 13.5. The Bertz CT molecular complexity index is 982. The fourth-order valence-electron chi connectivity index (χ4n) is 2.75. The number of hydrogen-bond acceptors (Lipinski definition) is 2. The number of ether oxygens (including phenoxy) is 2. The quantitative estimate of drug-likeness (QED) is 0.470. The molecule has 3 aromatic rings. The lowest BCUT2D eigenvalue weighted by Crippen LogP contribution is -1.99. The van der Waals surface area contributed by atoms with Crippen molar-refractivity contribution in [3.05, 3.63) is 89.8 Å². The highest BCUT2D eigenvalue weighted by Crippen LogP contribution is 2.31. The van der Waals surface area contributed by atoms with Crippen molar-refractivity contribution < 1.29 is 22.6 Å². The van der Waals surface area contributed by atoms with Gasteiger partial charge >= 0.3 is 0 Å². The highest BCUT2D eigenvalue weighted by Gasteiger charge is 2.15. The molecule has 0 unspecified atom stereocenters. The molecule has 0 saturated carbocycles. The molecule has 0 spiro atoms. The van der Waals surface area contributed by atoms with Gasteiger partial charge in [-0.15, -0.1) is 0 Å². The summed E-state index contributed by atoms with van der Waals surface area (Å²) in [4.78, 5) is 0. The Morgan fingerprint density at radius 1 is 0.893 bits per heavy atom. The molecule has 0 fully saturated rings. The summed E-state index contributed by atoms with van der Waals surface area (Å²) in [6.45, 7) is 5.68. The average molecular weight is 384 g/mol. The molecule has 3 rings (SSSR count). The lowest BCUT2D eigenvalue weighted by atomic mass is 10.0. The summed E-state index contributed by atoms with van der Waals surface area (Å²) in [6, 6.07) is 14.2. The van der Waals surface area contributed by atoms with E-state index in [1.54, 1.807) is 43.3 Å². The van der Waals surface area contributed by atoms with Gasteiger partial charge in [0, 0.05) is 11.1 Å². The average Bonchev–Trinajstić information content (AvgIpc) is 2.71. The molecule has 0 aliphatic rings. The number of hydrogen-bond donors (Lipinski definition) is 0. The second-order valence-corrected chi connectivity index (χ2v) is 6.05. The van der Waals surface area contributed by atoms with Crippen LogP contribution in [0.25, 0.3) is 17.2 Å². The second-order valence-electron chi connectivity index (χ2n) is 6.05. The molecule has 144 valence electrons. The molecule has 0 N–H and O–H groups in total. The minimum Gasteiger partial charge on any atom is -0.491 e. The molecule has 28 heavy (non-hydrogen) atoms. The van der Waals surface area contributed by atoms with Crippen molar-refractivity contribution in [2.45, 2.75) is 13.5 Å². The molecule has 2 nitrogen and oxygen atoms in total. The zero-order valence-corrected chi connectivity index (χ0v) is 15.3. The van der Waals surface area contributed by atoms with Gasteiger partial charge < -0.3 is 9.47 Å². The van der Waals surface area contributed by atoms with Crippen molar-refractivity contribution in [2.75, 3.05) is 6.61 Å². The number of halogens is 3. The van der Waals surface area contributed by atoms with Crippen LogP contribution in [0.1, 0.15) is 18.1 Å². The van der Waals surface area contributed by atoms with E-state index in [1.165, 1.54) is 24.3 Å². The summed E-state index contributed by atoms with van der Waals surface area (Å²) in [5.74, 6) is -1.91. The molecule has 0 bridgehead atoms. The summed E-state index contributed by atoms with van der Waals surface area (Å²) in [5.41, 5.74) is 1.74. The van der Waals surface area contributed by atoms with E-state index in [4.69, 9.17) is 9.47 Å². The fraction of sp³-hybridized carbons (Fsp3) is 0.130. The predicted octanol–water partition coefficient (Wildman–Crippen LogP) is 6.39. The molecule has 0 aromatic heterocycles. The predicted molar refractivity (Wildman–Crippen MR) is 104 cm³/mol. The molecule has 0 radical (unpaired) electrons. The van der Waals surface area contributed by atoms with Gasteiger partial charge in [0.05, 0.1) is 6.61 Å². The number of benzene rings is 3. The molecule has 0 saturated heterocycles. The minimum atomic E-state index is -1.01. The first-order valence-electron chi connectivity index (χ1n) is 8.78. The monoisotopic (exact) mass is 384 g/mol. The molecular weight excluding hydrogens is 365 g/mol. The van der Waals surface area contributed by atoms with Crippen LogP contribution < -0.4 is 9.47 Å². The zero-order chi connectivity index (χ0) is 20.1. The van der Waals surface area contributed by atoms with Gasteiger partial charge in [-0.1, -0.05) is 36.9 Å². The molecule has 0 heterocycles. The molecule has 3 aromatic carbocycles. The van der Waals surface area contributed by atoms with Gasteiger partial charge in [0.15, 0.2) is 11.6 Å². The van der Waals surface area contributed by atoms with Gasteiger partial charge in [0.2, 0.25) is 5.82 Å². The van der Waals surface area contributed by atoms with Crippen LogP contribution in [-0.2, 0) is 6.61 Å². The summed E-state index contributed by atoms with van der Waals surface area (Å²) < 4.78 is 52.8. The minimum absolute atomic E-state index is 0.113. The van der Waals surface area contributed by atoms with Crippen LogP contribution in [0, 0.1) is 17.5 Å². The third-order valence-electron chi connectivity index (χ3n) is 4.20. The Balaban J connectivity index is 1.72. The van der Waals surface area contributed by atoms with Gasteiger partial charge in [-0.25, -0.2) is 8.78 Å². The van der Waals surface area contributed by atoms with E-state index >= 15 is 0 Å². The highest BCUT2D eigenvalue weighted by molar-refractivity contribution is 5.66. The topological polar surface area (TPSA) is 18.5 Å². The van der Waals surface area contributed by atoms with Crippen LogP contribution >= 0.6 is 0 Å². The molecule has 0 aliphatic heterocycles. The molecule has 0 aliphatic carbocycles. The van der Waals surface area contributed by atoms with E-state index in [-0.39, 0.29) is 30.3 Å². The third-order valence-corrected chi connectivity index (χ3v) is 4.20. The van der Waals surface area contributed by atoms with Crippen LogP contribution in [0.2, 0.25) is 0 Å². The Hall–Kier alpha value is -3.21. The van der Waals surface area contributed by atoms with E-state index in [9.17, 15) is 13.2 Å². The van der Waals surface area contributed by atoms with Crippen LogP contribution in [0.3, 0.4) is 0 Å². The van der Waals surface area contributed by atoms with Crippen LogP contribution in [-0.4, -0.2) is 6.61 Å². The standard InChI is InChI=1S/C23H19F3O2/c1-3-16-6-5-15(13-20(16)24)14-28-18-9-7-17(8-10-18)19-11-12-21(27-4-2)23(26)22(19)25/h3,5-13H,1,4,14H2,2H3. The van der Waals surface area contributed by atoms with Crippen molar-refractivity contribution >= 4 is 6.08 Å². The lowest BCUT2D eigenvalue weighted by molar-refractivity contribution is 0.305. The van der Waals surface area contributed by atoms with Gasteiger partial charge in [-0.2, -0.15) is 4.39 Å². The number of rotatable bonds is 7. The van der Waals surface area contributed by atoms with Gasteiger partial charge in [0.1, 0.15) is 18.2 Å². The smallest absolute Gasteiger partial charge is 0.201 e. The Morgan fingerprint density at radius 2 is 1.64 bits per heavy atom. The van der Waals surface area contributed by atoms with E-state index in [0.717, 1.165) is 0 Å². The van der Waals surface area contributed by atoms with Gasteiger partial charge in [0.25, 0.3) is 0 Å². The van der Waals surface area contributed by atoms with Gasteiger partial charge in [-0.05, 0) is 48.4 Å². The molecule has 0 amide bonds. The summed E-state index contributed by atoms with van der Waals surface area (Å²) in [6.07, 6.45) is 1.45. The van der Waals surface area contributed by atoms with E-state index in [2.05, 4.69) is 6.58 Å². The normalized spacial score (nSPS) is 10.6. The largest absolute Gasteiger partial charge is 0.491 e. The molecular formula is C23H19F3O2. The van der Waals surface area contributed by atoms with Gasteiger partial charge in [-0.3, -0.25) is 0 Å². The third kappa shape index (κ3) is 4.19.